The van der Waals surface area contributed by atoms with Crippen molar-refractivity contribution in [2.24, 2.45) is 5.92 Å². The van der Waals surface area contributed by atoms with E-state index in [2.05, 4.69) is 4.98 Å². The van der Waals surface area contributed by atoms with Gasteiger partial charge in [-0.15, -0.1) is 0 Å². The summed E-state index contributed by atoms with van der Waals surface area (Å²) in [4.78, 5) is 40.2. The van der Waals surface area contributed by atoms with Crippen LogP contribution in [0.15, 0.2) is 60.8 Å². The molecule has 1 heterocycles. The molecule has 0 unspecified atom stereocenters. The number of allylic oxidation sites excluding steroid dienone is 1. The SMILES string of the molecule is O=C(/C=C/c1c[nH]c2ccccc12)C1C(=O)c2ccccc2C1=O. The first-order valence-corrected chi connectivity index (χ1v) is 7.62. The highest BCUT2D eigenvalue weighted by atomic mass is 16.2. The average Bonchev–Trinajstić information content (AvgIpc) is 3.13. The molecular formula is C20H13NO3. The zero-order chi connectivity index (χ0) is 16.7. The highest BCUT2D eigenvalue weighted by molar-refractivity contribution is 6.37. The third kappa shape index (κ3) is 2.12. The second-order valence-corrected chi connectivity index (χ2v) is 5.73. The lowest BCUT2D eigenvalue weighted by Gasteiger charge is -2.01. The standard InChI is InChI=1S/C20H13NO3/c22-17(10-9-12-11-21-16-8-4-3-5-13(12)16)18-19(23)14-6-1-2-7-15(14)20(18)24/h1-11,18,21H/b10-9+. The molecule has 24 heavy (non-hydrogen) atoms. The Morgan fingerprint density at radius 1 is 0.917 bits per heavy atom. The number of nitrogens with one attached hydrogen (secondary N) is 1. The summed E-state index contributed by atoms with van der Waals surface area (Å²) >= 11 is 0. The molecule has 0 bridgehead atoms. The molecular weight excluding hydrogens is 302 g/mol. The topological polar surface area (TPSA) is 67.0 Å². The summed E-state index contributed by atoms with van der Waals surface area (Å²) in [5.41, 5.74) is 2.47. The minimum Gasteiger partial charge on any atom is -0.361 e. The number of carbonyl (C=O) groups excluding carboxylic acids is 3. The highest BCUT2D eigenvalue weighted by Crippen LogP contribution is 2.28. The molecule has 1 N–H and O–H groups in total. The molecule has 1 aliphatic rings. The fourth-order valence-corrected chi connectivity index (χ4v) is 3.10. The summed E-state index contributed by atoms with van der Waals surface area (Å²) < 4.78 is 0. The van der Waals surface area contributed by atoms with E-state index in [1.165, 1.54) is 6.08 Å². The predicted octanol–water partition coefficient (Wildman–Crippen LogP) is 3.45. The van der Waals surface area contributed by atoms with Gasteiger partial charge >= 0.3 is 0 Å². The van der Waals surface area contributed by atoms with Crippen LogP contribution in [-0.2, 0) is 4.79 Å². The lowest BCUT2D eigenvalue weighted by molar-refractivity contribution is -0.115. The molecule has 4 nitrogen and oxygen atoms in total. The van der Waals surface area contributed by atoms with E-state index in [0.717, 1.165) is 16.5 Å². The van der Waals surface area contributed by atoms with E-state index in [-0.39, 0.29) is 0 Å². The number of Topliss-reactive ketones (excluding diaryl/α,β-unsaturated/α-hetero) is 2. The molecule has 0 saturated heterocycles. The first-order chi connectivity index (χ1) is 11.7. The smallest absolute Gasteiger partial charge is 0.182 e. The fraction of sp³-hybridized carbons (Fsp3) is 0.0500. The van der Waals surface area contributed by atoms with Gasteiger partial charge in [0.15, 0.2) is 17.3 Å². The van der Waals surface area contributed by atoms with Gasteiger partial charge in [0.25, 0.3) is 0 Å². The first-order valence-electron chi connectivity index (χ1n) is 7.62. The summed E-state index contributed by atoms with van der Waals surface area (Å²) in [6.07, 6.45) is 4.76. The number of carbonyl (C=O) groups is 3. The Balaban J connectivity index is 1.64. The number of para-hydroxylation sites is 1. The van der Waals surface area contributed by atoms with Gasteiger partial charge in [-0.1, -0.05) is 42.5 Å². The minimum absolute atomic E-state index is 0.335. The zero-order valence-corrected chi connectivity index (χ0v) is 12.7. The van der Waals surface area contributed by atoms with Crippen molar-refractivity contribution >= 4 is 34.3 Å². The van der Waals surface area contributed by atoms with Crippen LogP contribution in [0.2, 0.25) is 0 Å². The molecule has 4 heteroatoms. The number of ketones is 3. The van der Waals surface area contributed by atoms with Gasteiger partial charge in [0, 0.05) is 28.2 Å². The third-order valence-corrected chi connectivity index (χ3v) is 4.32. The van der Waals surface area contributed by atoms with E-state index in [9.17, 15) is 14.4 Å². The van der Waals surface area contributed by atoms with E-state index in [1.54, 1.807) is 36.5 Å². The van der Waals surface area contributed by atoms with Crippen LogP contribution < -0.4 is 0 Å². The van der Waals surface area contributed by atoms with Gasteiger partial charge in [-0.05, 0) is 23.8 Å². The van der Waals surface area contributed by atoms with Crippen LogP contribution in [0.4, 0.5) is 0 Å². The molecule has 1 aliphatic carbocycles. The minimum atomic E-state index is -1.25. The molecule has 2 aromatic carbocycles. The number of benzene rings is 2. The predicted molar refractivity (Wildman–Crippen MR) is 90.9 cm³/mol. The molecule has 0 spiro atoms. The molecule has 0 aliphatic heterocycles. The Hall–Kier alpha value is -3.27. The normalized spacial score (nSPS) is 14.7. The summed E-state index contributed by atoms with van der Waals surface area (Å²) in [5, 5.41) is 0.980. The van der Waals surface area contributed by atoms with Crippen LogP contribution in [0, 0.1) is 5.92 Å². The van der Waals surface area contributed by atoms with Gasteiger partial charge in [0.2, 0.25) is 0 Å². The fourth-order valence-electron chi connectivity index (χ4n) is 3.10. The number of aromatic amines is 1. The highest BCUT2D eigenvalue weighted by Gasteiger charge is 2.41. The Labute approximate surface area is 137 Å². The maximum absolute atomic E-state index is 12.4. The number of H-pyrrole nitrogens is 1. The zero-order valence-electron chi connectivity index (χ0n) is 12.7. The summed E-state index contributed by atoms with van der Waals surface area (Å²) in [5.74, 6) is -2.55. The Morgan fingerprint density at radius 3 is 2.25 bits per heavy atom. The van der Waals surface area contributed by atoms with Crippen LogP contribution in [0.3, 0.4) is 0 Å². The quantitative estimate of drug-likeness (QED) is 0.594. The van der Waals surface area contributed by atoms with E-state index >= 15 is 0 Å². The van der Waals surface area contributed by atoms with Crippen molar-refractivity contribution in [2.75, 3.05) is 0 Å². The number of aromatic nitrogens is 1. The molecule has 4 rings (SSSR count). The van der Waals surface area contributed by atoms with Crippen molar-refractivity contribution in [3.8, 4) is 0 Å². The molecule has 0 atom stereocenters. The first kappa shape index (κ1) is 14.3. The summed E-state index contributed by atoms with van der Waals surface area (Å²) in [7, 11) is 0. The lowest BCUT2D eigenvalue weighted by atomic mass is 9.97. The van der Waals surface area contributed by atoms with Crippen molar-refractivity contribution in [1.82, 2.24) is 4.98 Å². The molecule has 0 saturated carbocycles. The number of hydrogen-bond donors (Lipinski definition) is 1. The van der Waals surface area contributed by atoms with Crippen molar-refractivity contribution in [1.29, 1.82) is 0 Å². The maximum Gasteiger partial charge on any atom is 0.182 e. The van der Waals surface area contributed by atoms with Crippen LogP contribution in [-0.4, -0.2) is 22.3 Å². The second-order valence-electron chi connectivity index (χ2n) is 5.73. The van der Waals surface area contributed by atoms with Gasteiger partial charge in [-0.2, -0.15) is 0 Å². The van der Waals surface area contributed by atoms with Gasteiger partial charge in [-0.25, -0.2) is 0 Å². The van der Waals surface area contributed by atoms with Crippen molar-refractivity contribution in [2.45, 2.75) is 0 Å². The van der Waals surface area contributed by atoms with Crippen LogP contribution in [0.5, 0.6) is 0 Å². The Morgan fingerprint density at radius 2 is 1.54 bits per heavy atom. The van der Waals surface area contributed by atoms with Gasteiger partial charge in [0.1, 0.15) is 5.92 Å². The lowest BCUT2D eigenvalue weighted by Crippen LogP contribution is -2.23. The van der Waals surface area contributed by atoms with E-state index < -0.39 is 23.3 Å². The van der Waals surface area contributed by atoms with Gasteiger partial charge in [0.05, 0.1) is 0 Å². The van der Waals surface area contributed by atoms with Crippen molar-refractivity contribution in [3.05, 3.63) is 77.5 Å². The Bertz CT molecular complexity index is 991. The molecule has 0 radical (unpaired) electrons. The maximum atomic E-state index is 12.4. The van der Waals surface area contributed by atoms with Crippen LogP contribution in [0.1, 0.15) is 26.3 Å². The summed E-state index contributed by atoms with van der Waals surface area (Å²) in [6.45, 7) is 0. The molecule has 1 aromatic heterocycles. The number of fused-ring (bicyclic) bond motifs is 2. The molecule has 3 aromatic rings. The number of hydrogen-bond acceptors (Lipinski definition) is 3. The van der Waals surface area contributed by atoms with E-state index in [1.807, 2.05) is 24.3 Å². The van der Waals surface area contributed by atoms with Gasteiger partial charge in [-0.3, -0.25) is 14.4 Å². The van der Waals surface area contributed by atoms with E-state index in [4.69, 9.17) is 0 Å². The van der Waals surface area contributed by atoms with Crippen LogP contribution >= 0.6 is 0 Å². The molecule has 0 amide bonds. The van der Waals surface area contributed by atoms with Crippen LogP contribution in [0.25, 0.3) is 17.0 Å². The largest absolute Gasteiger partial charge is 0.361 e. The van der Waals surface area contributed by atoms with Gasteiger partial charge < -0.3 is 4.98 Å². The van der Waals surface area contributed by atoms with Crippen molar-refractivity contribution < 1.29 is 14.4 Å². The number of rotatable bonds is 3. The third-order valence-electron chi connectivity index (χ3n) is 4.32. The average molecular weight is 315 g/mol. The van der Waals surface area contributed by atoms with Crippen molar-refractivity contribution in [3.63, 3.8) is 0 Å². The van der Waals surface area contributed by atoms with E-state index in [0.29, 0.717) is 11.1 Å². The molecule has 116 valence electrons. The Kier molecular flexibility index (Phi) is 3.24. The molecule has 0 fully saturated rings. The monoisotopic (exact) mass is 315 g/mol. The summed E-state index contributed by atoms with van der Waals surface area (Å²) in [6, 6.07) is 14.3. The second kappa shape index (κ2) is 5.42.